The Morgan fingerprint density at radius 1 is 0.536 bits per heavy atom. The van der Waals surface area contributed by atoms with E-state index in [0.717, 1.165) is 67.5 Å². The fraction of sp³-hybridized carbons (Fsp3) is 0.0217. The summed E-state index contributed by atoms with van der Waals surface area (Å²) in [5.74, 6) is -0.219. The van der Waals surface area contributed by atoms with Crippen molar-refractivity contribution in [1.82, 2.24) is 9.78 Å². The fourth-order valence-corrected chi connectivity index (χ4v) is 6.97. The molecule has 0 atom stereocenters. The number of amides is 2. The maximum absolute atomic E-state index is 12.5. The zero-order valence-corrected chi connectivity index (χ0v) is 32.3. The van der Waals surface area contributed by atoms with Gasteiger partial charge in [-0.3, -0.25) is 24.2 Å². The Hall–Kier alpha value is -6.92. The van der Waals surface area contributed by atoms with Gasteiger partial charge in [0.25, 0.3) is 17.4 Å². The maximum Gasteiger partial charge on any atom is 0.264 e. The summed E-state index contributed by atoms with van der Waals surface area (Å²) < 4.78 is 2.91. The first kappa shape index (κ1) is 36.1. The molecule has 2 aliphatic rings. The molecule has 10 heteroatoms. The molecule has 9 rings (SSSR count). The van der Waals surface area contributed by atoms with E-state index in [2.05, 4.69) is 61.1 Å². The van der Waals surface area contributed by atoms with Crippen LogP contribution in [0.5, 0.6) is 0 Å². The molecular formula is C46H35IN6O3. The minimum absolute atomic E-state index is 0.0850. The highest BCUT2D eigenvalue weighted by Crippen LogP contribution is 2.36. The van der Waals surface area contributed by atoms with Gasteiger partial charge in [0.2, 0.25) is 0 Å². The summed E-state index contributed by atoms with van der Waals surface area (Å²) in [5.41, 5.74) is 12.4. The molecule has 0 unspecified atom stereocenters. The van der Waals surface area contributed by atoms with E-state index in [1.165, 1.54) is 3.57 Å². The summed E-state index contributed by atoms with van der Waals surface area (Å²) in [6.45, 7) is 1.87. The molecule has 1 aromatic heterocycles. The number of anilines is 4. The Morgan fingerprint density at radius 3 is 1.45 bits per heavy atom. The summed E-state index contributed by atoms with van der Waals surface area (Å²) in [5, 5.41) is 15.1. The van der Waals surface area contributed by atoms with Gasteiger partial charge in [-0.2, -0.15) is 0 Å². The Labute approximate surface area is 336 Å². The van der Waals surface area contributed by atoms with Gasteiger partial charge in [0.05, 0.1) is 16.8 Å². The van der Waals surface area contributed by atoms with Crippen molar-refractivity contribution in [1.29, 1.82) is 0 Å². The van der Waals surface area contributed by atoms with Gasteiger partial charge >= 0.3 is 0 Å². The number of carbonyl (C=O) groups excluding carboxylic acids is 2. The Balaban J connectivity index is 0.000000161. The summed E-state index contributed by atoms with van der Waals surface area (Å²) in [6.07, 6.45) is 3.49. The molecule has 2 amide bonds. The maximum atomic E-state index is 12.5. The Bertz CT molecular complexity index is 2700. The van der Waals surface area contributed by atoms with Crippen molar-refractivity contribution in [3.8, 4) is 27.9 Å². The Morgan fingerprint density at radius 2 is 1.00 bits per heavy atom. The number of hydrogen-bond acceptors (Lipinski definition) is 5. The lowest BCUT2D eigenvalue weighted by atomic mass is 10.0. The molecule has 0 bridgehead atoms. The summed E-state index contributed by atoms with van der Waals surface area (Å²) >= 11 is 2.27. The zero-order chi connectivity index (χ0) is 38.6. The number of aromatic nitrogens is 2. The van der Waals surface area contributed by atoms with E-state index in [-0.39, 0.29) is 17.4 Å². The predicted molar refractivity (Wildman–Crippen MR) is 235 cm³/mol. The van der Waals surface area contributed by atoms with Gasteiger partial charge in [0.15, 0.2) is 0 Å². The quantitative estimate of drug-likeness (QED) is 0.0809. The van der Waals surface area contributed by atoms with E-state index in [1.807, 2.05) is 140 Å². The molecule has 6 aromatic carbocycles. The third-order valence-corrected chi connectivity index (χ3v) is 10.2. The first-order chi connectivity index (χ1) is 27.3. The molecular weight excluding hydrogens is 811 g/mol. The van der Waals surface area contributed by atoms with E-state index in [1.54, 1.807) is 23.1 Å². The molecule has 5 N–H and O–H groups in total. The first-order valence-electron chi connectivity index (χ1n) is 17.9. The van der Waals surface area contributed by atoms with Crippen molar-refractivity contribution in [3.05, 3.63) is 195 Å². The topological polar surface area (TPSA) is 120 Å². The number of rotatable bonds is 7. The van der Waals surface area contributed by atoms with Crippen LogP contribution in [0.2, 0.25) is 0 Å². The minimum atomic E-state index is -0.134. The van der Waals surface area contributed by atoms with Crippen molar-refractivity contribution < 1.29 is 9.59 Å². The summed E-state index contributed by atoms with van der Waals surface area (Å²) in [7, 11) is 0. The molecule has 2 aliphatic heterocycles. The van der Waals surface area contributed by atoms with Crippen LogP contribution in [0.3, 0.4) is 0 Å². The van der Waals surface area contributed by atoms with E-state index in [9.17, 15) is 14.4 Å². The normalized spacial score (nSPS) is 14.0. The van der Waals surface area contributed by atoms with E-state index >= 15 is 0 Å². The lowest BCUT2D eigenvalue weighted by Crippen LogP contribution is -2.05. The van der Waals surface area contributed by atoms with Gasteiger partial charge in [-0.05, 0) is 112 Å². The van der Waals surface area contributed by atoms with Crippen molar-refractivity contribution in [2.24, 2.45) is 0 Å². The van der Waals surface area contributed by atoms with E-state index in [4.69, 9.17) is 0 Å². The fourth-order valence-electron chi connectivity index (χ4n) is 6.61. The third kappa shape index (κ3) is 7.82. The largest absolute Gasteiger partial charge is 0.361 e. The van der Waals surface area contributed by atoms with Gasteiger partial charge in [-0.15, -0.1) is 0 Å². The molecule has 0 radical (unpaired) electrons. The van der Waals surface area contributed by atoms with E-state index < -0.39 is 0 Å². The van der Waals surface area contributed by atoms with Gasteiger partial charge in [0, 0.05) is 61.6 Å². The first-order valence-corrected chi connectivity index (χ1v) is 19.0. The van der Waals surface area contributed by atoms with Crippen molar-refractivity contribution in [2.75, 3.05) is 21.3 Å². The van der Waals surface area contributed by atoms with Crippen LogP contribution in [-0.2, 0) is 9.59 Å². The molecule has 0 saturated heterocycles. The number of H-pyrrole nitrogens is 1. The number of benzene rings is 6. The SMILES string of the molecule is Cc1cc(=O)[nH]n1-c1ccc(N/C=C2/C(=O)Nc3cc(-c4ccccc4)ccc32)cc1.O=C1Nc2cc(-c3ccccc3)ccc2/C1=C\Nc1ccc(I)cc1. The van der Waals surface area contributed by atoms with Crippen LogP contribution >= 0.6 is 22.6 Å². The number of hydrogen-bond donors (Lipinski definition) is 5. The second-order valence-electron chi connectivity index (χ2n) is 13.2. The second kappa shape index (κ2) is 15.8. The number of carbonyl (C=O) groups is 2. The van der Waals surface area contributed by atoms with Crippen LogP contribution in [0.4, 0.5) is 22.7 Å². The molecule has 0 spiro atoms. The Kier molecular flexibility index (Phi) is 10.2. The van der Waals surface area contributed by atoms with Crippen LogP contribution in [0.25, 0.3) is 39.1 Å². The molecule has 7 aromatic rings. The smallest absolute Gasteiger partial charge is 0.264 e. The summed E-state index contributed by atoms with van der Waals surface area (Å²) in [6, 6.07) is 49.5. The standard InChI is InChI=1S/C25H20N4O2.C21H15IN2O/c1-16-13-24(30)28-29(16)20-10-8-19(9-11-20)26-15-22-21-12-7-18(14-23(21)27-25(22)31)17-5-3-2-4-6-17;22-16-7-9-17(10-8-16)23-13-19-18-11-6-15(12-20(18)24-21(19)25)14-4-2-1-3-5-14/h2-15,26H,1H3,(H,27,31)(H,28,30);1-13,23H,(H,24,25)/b22-15+;19-13+. The summed E-state index contributed by atoms with van der Waals surface area (Å²) in [4.78, 5) is 36.4. The highest BCUT2D eigenvalue weighted by atomic mass is 127. The third-order valence-electron chi connectivity index (χ3n) is 9.47. The molecule has 9 nitrogen and oxygen atoms in total. The lowest BCUT2D eigenvalue weighted by molar-refractivity contribution is -0.111. The van der Waals surface area contributed by atoms with E-state index in [0.29, 0.717) is 11.1 Å². The van der Waals surface area contributed by atoms with Crippen LogP contribution in [0.15, 0.2) is 169 Å². The van der Waals surface area contributed by atoms with Gasteiger partial charge in [-0.25, -0.2) is 0 Å². The predicted octanol–water partition coefficient (Wildman–Crippen LogP) is 9.91. The zero-order valence-electron chi connectivity index (χ0n) is 30.1. The highest BCUT2D eigenvalue weighted by Gasteiger charge is 2.25. The number of nitrogens with one attached hydrogen (secondary N) is 5. The average Bonchev–Trinajstić information content (AvgIpc) is 3.86. The number of aromatic amines is 1. The van der Waals surface area contributed by atoms with Gasteiger partial charge < -0.3 is 21.3 Å². The molecule has 3 heterocycles. The van der Waals surface area contributed by atoms with Crippen LogP contribution in [-0.4, -0.2) is 21.6 Å². The average molecular weight is 847 g/mol. The molecule has 0 fully saturated rings. The van der Waals surface area contributed by atoms with Crippen molar-refractivity contribution >= 4 is 68.3 Å². The highest BCUT2D eigenvalue weighted by molar-refractivity contribution is 14.1. The van der Waals surface area contributed by atoms with Gasteiger partial charge in [-0.1, -0.05) is 84.9 Å². The van der Waals surface area contributed by atoms with Crippen LogP contribution in [0.1, 0.15) is 16.8 Å². The molecule has 0 saturated carbocycles. The van der Waals surface area contributed by atoms with Crippen LogP contribution in [0, 0.1) is 10.5 Å². The van der Waals surface area contributed by atoms with Gasteiger partial charge in [0.1, 0.15) is 0 Å². The second-order valence-corrected chi connectivity index (χ2v) is 14.5. The number of halogens is 1. The van der Waals surface area contributed by atoms with Crippen molar-refractivity contribution in [2.45, 2.75) is 6.92 Å². The van der Waals surface area contributed by atoms with Crippen molar-refractivity contribution in [3.63, 3.8) is 0 Å². The molecule has 56 heavy (non-hydrogen) atoms. The lowest BCUT2D eigenvalue weighted by Gasteiger charge is -2.07. The van der Waals surface area contributed by atoms with Crippen LogP contribution < -0.4 is 26.8 Å². The monoisotopic (exact) mass is 846 g/mol. The number of aryl methyl sites for hydroxylation is 1. The number of fused-ring (bicyclic) bond motifs is 2. The number of nitrogens with zero attached hydrogens (tertiary/aromatic N) is 1. The minimum Gasteiger partial charge on any atom is -0.361 e. The molecule has 274 valence electrons. The molecule has 0 aliphatic carbocycles.